The predicted molar refractivity (Wildman–Crippen MR) is 76.3 cm³/mol. The molecule has 1 aliphatic carbocycles. The number of carbonyl (C=O) groups is 1. The number of carboxylic acid groups (broad SMARTS) is 1. The van der Waals surface area contributed by atoms with Gasteiger partial charge >= 0.3 is 5.97 Å². The number of aliphatic carboxylic acids is 1. The Morgan fingerprint density at radius 1 is 1.16 bits per heavy atom. The van der Waals surface area contributed by atoms with E-state index in [-0.39, 0.29) is 6.42 Å². The molecule has 1 saturated heterocycles. The van der Waals surface area contributed by atoms with Crippen molar-refractivity contribution in [1.29, 1.82) is 0 Å². The summed E-state index contributed by atoms with van der Waals surface area (Å²) in [7, 11) is 0. The van der Waals surface area contributed by atoms with Crippen LogP contribution < -0.4 is 0 Å². The molecule has 1 saturated carbocycles. The average molecular weight is 268 g/mol. The quantitative estimate of drug-likeness (QED) is 0.829. The van der Waals surface area contributed by atoms with E-state index in [1.165, 1.54) is 32.1 Å². The third-order valence-corrected chi connectivity index (χ3v) is 4.96. The second-order valence-electron chi connectivity index (χ2n) is 6.16. The highest BCUT2D eigenvalue weighted by Crippen LogP contribution is 2.29. The predicted octanol–water partition coefficient (Wildman–Crippen LogP) is 2.05. The highest BCUT2D eigenvalue weighted by molar-refractivity contribution is 5.66. The van der Waals surface area contributed by atoms with E-state index >= 15 is 0 Å². The maximum atomic E-state index is 10.6. The minimum absolute atomic E-state index is 0.276. The Morgan fingerprint density at radius 2 is 1.79 bits per heavy atom. The van der Waals surface area contributed by atoms with Crippen LogP contribution in [0.4, 0.5) is 0 Å². The fourth-order valence-corrected chi connectivity index (χ4v) is 3.56. The van der Waals surface area contributed by atoms with E-state index in [0.717, 1.165) is 32.1 Å². The summed E-state index contributed by atoms with van der Waals surface area (Å²) in [6.45, 7) is 7.38. The van der Waals surface area contributed by atoms with Gasteiger partial charge in [0.1, 0.15) is 0 Å². The van der Waals surface area contributed by atoms with Crippen molar-refractivity contribution in [3.8, 4) is 0 Å². The standard InChI is InChI=1S/C15H28N2O2/c1-13(14-5-3-2-4-6-14)17-11-9-16(10-12-17)8-7-15(18)19/h13-14H,2-12H2,1H3,(H,18,19). The first-order chi connectivity index (χ1) is 9.16. The lowest BCUT2D eigenvalue weighted by atomic mass is 9.84. The fraction of sp³-hybridized carbons (Fsp3) is 0.933. The third kappa shape index (κ3) is 4.46. The van der Waals surface area contributed by atoms with E-state index in [1.807, 2.05) is 0 Å². The zero-order valence-electron chi connectivity index (χ0n) is 12.2. The molecule has 1 N–H and O–H groups in total. The molecule has 0 aromatic heterocycles. The van der Waals surface area contributed by atoms with Crippen molar-refractivity contribution >= 4 is 5.97 Å². The molecule has 1 heterocycles. The van der Waals surface area contributed by atoms with Crippen LogP contribution in [0.3, 0.4) is 0 Å². The van der Waals surface area contributed by atoms with E-state index in [9.17, 15) is 4.79 Å². The molecular weight excluding hydrogens is 240 g/mol. The largest absolute Gasteiger partial charge is 0.481 e. The number of rotatable bonds is 5. The number of piperazine rings is 1. The lowest BCUT2D eigenvalue weighted by Gasteiger charge is -2.41. The summed E-state index contributed by atoms with van der Waals surface area (Å²) in [5.74, 6) is 0.206. The van der Waals surface area contributed by atoms with Gasteiger partial charge in [-0.15, -0.1) is 0 Å². The van der Waals surface area contributed by atoms with Gasteiger partial charge in [-0.05, 0) is 25.7 Å². The molecule has 0 radical (unpaired) electrons. The van der Waals surface area contributed by atoms with Gasteiger partial charge in [0.25, 0.3) is 0 Å². The highest BCUT2D eigenvalue weighted by atomic mass is 16.4. The molecule has 2 rings (SSSR count). The molecule has 2 fully saturated rings. The van der Waals surface area contributed by atoms with Crippen molar-refractivity contribution in [2.75, 3.05) is 32.7 Å². The lowest BCUT2D eigenvalue weighted by molar-refractivity contribution is -0.137. The van der Waals surface area contributed by atoms with Gasteiger partial charge in [0.05, 0.1) is 6.42 Å². The van der Waals surface area contributed by atoms with Crippen molar-refractivity contribution < 1.29 is 9.90 Å². The van der Waals surface area contributed by atoms with E-state index in [1.54, 1.807) is 0 Å². The van der Waals surface area contributed by atoms with Crippen LogP contribution in [-0.2, 0) is 4.79 Å². The molecule has 0 bridgehead atoms. The molecule has 0 amide bonds. The Labute approximate surface area is 116 Å². The molecule has 0 spiro atoms. The van der Waals surface area contributed by atoms with Gasteiger partial charge in [0.15, 0.2) is 0 Å². The summed E-state index contributed by atoms with van der Waals surface area (Å²) in [5, 5.41) is 8.72. The second kappa shape index (κ2) is 7.25. The number of hydrogen-bond donors (Lipinski definition) is 1. The van der Waals surface area contributed by atoms with Crippen LogP contribution in [0.2, 0.25) is 0 Å². The SMILES string of the molecule is CC(C1CCCCC1)N1CCN(CCC(=O)O)CC1. The summed E-state index contributed by atoms with van der Waals surface area (Å²) in [6, 6.07) is 0.710. The molecule has 2 aliphatic rings. The van der Waals surface area contributed by atoms with Crippen molar-refractivity contribution in [1.82, 2.24) is 9.80 Å². The Balaban J connectivity index is 1.71. The summed E-state index contributed by atoms with van der Waals surface area (Å²) < 4.78 is 0. The molecule has 110 valence electrons. The summed E-state index contributed by atoms with van der Waals surface area (Å²) in [6.07, 6.45) is 7.33. The van der Waals surface area contributed by atoms with Crippen LogP contribution in [0.15, 0.2) is 0 Å². The monoisotopic (exact) mass is 268 g/mol. The molecule has 1 unspecified atom stereocenters. The maximum Gasteiger partial charge on any atom is 0.304 e. The maximum absolute atomic E-state index is 10.6. The minimum atomic E-state index is -0.682. The van der Waals surface area contributed by atoms with Crippen LogP contribution >= 0.6 is 0 Å². The minimum Gasteiger partial charge on any atom is -0.481 e. The Morgan fingerprint density at radius 3 is 2.37 bits per heavy atom. The van der Waals surface area contributed by atoms with E-state index < -0.39 is 5.97 Å². The molecule has 19 heavy (non-hydrogen) atoms. The van der Waals surface area contributed by atoms with Crippen molar-refractivity contribution in [2.45, 2.75) is 51.5 Å². The van der Waals surface area contributed by atoms with Crippen LogP contribution in [0.1, 0.15) is 45.4 Å². The molecular formula is C15H28N2O2. The van der Waals surface area contributed by atoms with Gasteiger partial charge in [0, 0.05) is 38.8 Å². The normalized spacial score (nSPS) is 25.3. The van der Waals surface area contributed by atoms with Gasteiger partial charge in [0.2, 0.25) is 0 Å². The fourth-order valence-electron chi connectivity index (χ4n) is 3.56. The van der Waals surface area contributed by atoms with E-state index in [2.05, 4.69) is 16.7 Å². The first-order valence-electron chi connectivity index (χ1n) is 7.85. The topological polar surface area (TPSA) is 43.8 Å². The van der Waals surface area contributed by atoms with Crippen molar-refractivity contribution in [3.63, 3.8) is 0 Å². The Bertz CT molecular complexity index is 282. The summed E-state index contributed by atoms with van der Waals surface area (Å²) in [5.41, 5.74) is 0. The molecule has 0 aromatic carbocycles. The van der Waals surface area contributed by atoms with Crippen molar-refractivity contribution in [2.24, 2.45) is 5.92 Å². The zero-order valence-corrected chi connectivity index (χ0v) is 12.2. The number of carboxylic acids is 1. The van der Waals surface area contributed by atoms with Gasteiger partial charge < -0.3 is 10.0 Å². The van der Waals surface area contributed by atoms with E-state index in [0.29, 0.717) is 12.6 Å². The molecule has 1 atom stereocenters. The average Bonchev–Trinajstić information content (AvgIpc) is 2.46. The molecule has 4 nitrogen and oxygen atoms in total. The van der Waals surface area contributed by atoms with Gasteiger partial charge in [-0.1, -0.05) is 19.3 Å². The summed E-state index contributed by atoms with van der Waals surface area (Å²) >= 11 is 0. The zero-order chi connectivity index (χ0) is 13.7. The Kier molecular flexibility index (Phi) is 5.64. The van der Waals surface area contributed by atoms with Gasteiger partial charge in [-0.25, -0.2) is 0 Å². The molecule has 4 heteroatoms. The molecule has 1 aliphatic heterocycles. The smallest absolute Gasteiger partial charge is 0.304 e. The molecule has 0 aromatic rings. The first-order valence-corrected chi connectivity index (χ1v) is 7.85. The summed E-state index contributed by atoms with van der Waals surface area (Å²) in [4.78, 5) is 15.5. The van der Waals surface area contributed by atoms with Crippen LogP contribution in [0.25, 0.3) is 0 Å². The first kappa shape index (κ1) is 14.8. The van der Waals surface area contributed by atoms with Crippen LogP contribution in [-0.4, -0.2) is 59.6 Å². The van der Waals surface area contributed by atoms with Gasteiger partial charge in [-0.2, -0.15) is 0 Å². The number of nitrogens with zero attached hydrogens (tertiary/aromatic N) is 2. The van der Waals surface area contributed by atoms with Crippen molar-refractivity contribution in [3.05, 3.63) is 0 Å². The second-order valence-corrected chi connectivity index (χ2v) is 6.16. The van der Waals surface area contributed by atoms with Gasteiger partial charge in [-0.3, -0.25) is 9.69 Å². The van der Waals surface area contributed by atoms with Crippen LogP contribution in [0.5, 0.6) is 0 Å². The highest BCUT2D eigenvalue weighted by Gasteiger charge is 2.27. The van der Waals surface area contributed by atoms with E-state index in [4.69, 9.17) is 5.11 Å². The third-order valence-electron chi connectivity index (χ3n) is 4.96. The van der Waals surface area contributed by atoms with Crippen LogP contribution in [0, 0.1) is 5.92 Å². The Hall–Kier alpha value is -0.610. The number of hydrogen-bond acceptors (Lipinski definition) is 3. The lowest BCUT2D eigenvalue weighted by Crippen LogP contribution is -2.51.